The molecule has 21 heavy (non-hydrogen) atoms. The van der Waals surface area contributed by atoms with Crippen molar-refractivity contribution in [1.29, 1.82) is 0 Å². The van der Waals surface area contributed by atoms with Crippen molar-refractivity contribution in [2.45, 2.75) is 19.9 Å². The molecule has 2 heterocycles. The van der Waals surface area contributed by atoms with E-state index in [-0.39, 0.29) is 6.04 Å². The number of halogens is 1. The Labute approximate surface area is 128 Å². The standard InChI is InChI=1S/C16H15ClN4/c1-11(2)21-10-18-14-15(17)19-13(20-16(14)21)9-8-12-6-4-3-5-7-12/h3-11H,1-2H3/b9-8+. The first kappa shape index (κ1) is 13.8. The van der Waals surface area contributed by atoms with Crippen molar-refractivity contribution in [3.8, 4) is 0 Å². The predicted molar refractivity (Wildman–Crippen MR) is 86.1 cm³/mol. The molecule has 0 radical (unpaired) electrons. The van der Waals surface area contributed by atoms with Crippen LogP contribution in [0, 0.1) is 0 Å². The van der Waals surface area contributed by atoms with Crippen LogP contribution in [0.25, 0.3) is 23.3 Å². The van der Waals surface area contributed by atoms with Gasteiger partial charge in [0.25, 0.3) is 0 Å². The van der Waals surface area contributed by atoms with Crippen molar-refractivity contribution in [2.24, 2.45) is 0 Å². The Morgan fingerprint density at radius 1 is 1.10 bits per heavy atom. The molecule has 0 saturated heterocycles. The Morgan fingerprint density at radius 3 is 2.57 bits per heavy atom. The lowest BCUT2D eigenvalue weighted by molar-refractivity contribution is 0.612. The molecular weight excluding hydrogens is 284 g/mol. The van der Waals surface area contributed by atoms with Gasteiger partial charge in [-0.1, -0.05) is 48.0 Å². The monoisotopic (exact) mass is 298 g/mol. The summed E-state index contributed by atoms with van der Waals surface area (Å²) in [5.74, 6) is 0.582. The van der Waals surface area contributed by atoms with E-state index in [4.69, 9.17) is 11.6 Å². The molecule has 0 fully saturated rings. The number of nitrogens with zero attached hydrogens (tertiary/aromatic N) is 4. The second kappa shape index (κ2) is 5.66. The molecule has 0 aliphatic rings. The Kier molecular flexibility index (Phi) is 3.71. The highest BCUT2D eigenvalue weighted by Gasteiger charge is 2.12. The Morgan fingerprint density at radius 2 is 1.86 bits per heavy atom. The number of benzene rings is 1. The minimum absolute atomic E-state index is 0.270. The third-order valence-electron chi connectivity index (χ3n) is 3.18. The van der Waals surface area contributed by atoms with Crippen molar-refractivity contribution in [3.63, 3.8) is 0 Å². The van der Waals surface area contributed by atoms with E-state index in [2.05, 4.69) is 28.8 Å². The number of aromatic nitrogens is 4. The maximum absolute atomic E-state index is 6.20. The first-order chi connectivity index (χ1) is 10.1. The first-order valence-corrected chi connectivity index (χ1v) is 7.16. The highest BCUT2D eigenvalue weighted by Crippen LogP contribution is 2.22. The van der Waals surface area contributed by atoms with E-state index in [0.717, 1.165) is 11.2 Å². The lowest BCUT2D eigenvalue weighted by atomic mass is 10.2. The molecular formula is C16H15ClN4. The van der Waals surface area contributed by atoms with Crippen molar-refractivity contribution in [3.05, 3.63) is 53.2 Å². The molecule has 0 bridgehead atoms. The van der Waals surface area contributed by atoms with E-state index in [1.54, 1.807) is 6.33 Å². The number of rotatable bonds is 3. The summed E-state index contributed by atoms with van der Waals surface area (Å²) in [6, 6.07) is 10.3. The van der Waals surface area contributed by atoms with Crippen LogP contribution in [0.2, 0.25) is 5.15 Å². The number of fused-ring (bicyclic) bond motifs is 1. The summed E-state index contributed by atoms with van der Waals surface area (Å²) < 4.78 is 1.99. The van der Waals surface area contributed by atoms with Crippen LogP contribution in [0.5, 0.6) is 0 Å². The zero-order valence-corrected chi connectivity index (χ0v) is 12.6. The zero-order chi connectivity index (χ0) is 14.8. The van der Waals surface area contributed by atoms with Crippen LogP contribution in [-0.4, -0.2) is 19.5 Å². The van der Waals surface area contributed by atoms with Crippen LogP contribution < -0.4 is 0 Å². The van der Waals surface area contributed by atoms with Gasteiger partial charge in [-0.2, -0.15) is 0 Å². The molecule has 0 aliphatic carbocycles. The van der Waals surface area contributed by atoms with Gasteiger partial charge in [0.1, 0.15) is 5.52 Å². The minimum atomic E-state index is 0.270. The van der Waals surface area contributed by atoms with E-state index >= 15 is 0 Å². The lowest BCUT2D eigenvalue weighted by Crippen LogP contribution is -2.01. The third-order valence-corrected chi connectivity index (χ3v) is 3.44. The molecule has 3 aromatic rings. The number of hydrogen-bond acceptors (Lipinski definition) is 3. The van der Waals surface area contributed by atoms with Crippen LogP contribution in [0.15, 0.2) is 36.7 Å². The maximum atomic E-state index is 6.20. The van der Waals surface area contributed by atoms with Crippen molar-refractivity contribution in [2.75, 3.05) is 0 Å². The predicted octanol–water partition coefficient (Wildman–Crippen LogP) is 4.23. The van der Waals surface area contributed by atoms with Crippen LogP contribution in [0.3, 0.4) is 0 Å². The molecule has 1 aromatic carbocycles. The molecule has 0 atom stereocenters. The van der Waals surface area contributed by atoms with E-state index in [0.29, 0.717) is 16.5 Å². The van der Waals surface area contributed by atoms with Crippen LogP contribution in [0.4, 0.5) is 0 Å². The quantitative estimate of drug-likeness (QED) is 0.680. The van der Waals surface area contributed by atoms with E-state index < -0.39 is 0 Å². The Hall–Kier alpha value is -2.20. The van der Waals surface area contributed by atoms with Gasteiger partial charge < -0.3 is 4.57 Å². The normalized spacial score (nSPS) is 11.8. The Bertz CT molecular complexity index is 791. The largest absolute Gasteiger partial charge is 0.313 e. The van der Waals surface area contributed by atoms with Gasteiger partial charge in [0.05, 0.1) is 6.33 Å². The molecule has 0 unspecified atom stereocenters. The number of hydrogen-bond donors (Lipinski definition) is 0. The van der Waals surface area contributed by atoms with Crippen molar-refractivity contribution < 1.29 is 0 Å². The minimum Gasteiger partial charge on any atom is -0.313 e. The van der Waals surface area contributed by atoms with E-state index in [1.807, 2.05) is 47.1 Å². The molecule has 0 saturated carbocycles. The fraction of sp³-hybridized carbons (Fsp3) is 0.188. The van der Waals surface area contributed by atoms with Gasteiger partial charge in [-0.25, -0.2) is 15.0 Å². The first-order valence-electron chi connectivity index (χ1n) is 6.78. The summed E-state index contributed by atoms with van der Waals surface area (Å²) in [5, 5.41) is 0.382. The molecule has 5 heteroatoms. The zero-order valence-electron chi connectivity index (χ0n) is 11.9. The summed E-state index contributed by atoms with van der Waals surface area (Å²) in [4.78, 5) is 13.1. The highest BCUT2D eigenvalue weighted by atomic mass is 35.5. The average Bonchev–Trinajstić information content (AvgIpc) is 2.91. The fourth-order valence-corrected chi connectivity index (χ4v) is 2.31. The number of imidazole rings is 1. The average molecular weight is 299 g/mol. The van der Waals surface area contributed by atoms with Gasteiger partial charge in [0.2, 0.25) is 0 Å². The second-order valence-corrected chi connectivity index (χ2v) is 5.39. The molecule has 2 aromatic heterocycles. The SMILES string of the molecule is CC(C)n1cnc2c(Cl)nc(/C=C/c3ccccc3)nc21. The third kappa shape index (κ3) is 2.81. The van der Waals surface area contributed by atoms with Gasteiger partial charge in [0.15, 0.2) is 16.6 Å². The second-order valence-electron chi connectivity index (χ2n) is 5.03. The molecule has 0 aliphatic heterocycles. The van der Waals surface area contributed by atoms with Crippen molar-refractivity contribution >= 4 is 34.9 Å². The van der Waals surface area contributed by atoms with Crippen LogP contribution in [-0.2, 0) is 0 Å². The topological polar surface area (TPSA) is 43.6 Å². The van der Waals surface area contributed by atoms with Gasteiger partial charge in [-0.05, 0) is 25.5 Å². The summed E-state index contributed by atoms with van der Waals surface area (Å²) in [6.45, 7) is 4.16. The molecule has 0 spiro atoms. The summed E-state index contributed by atoms with van der Waals surface area (Å²) in [6.07, 6.45) is 5.58. The van der Waals surface area contributed by atoms with Gasteiger partial charge in [0, 0.05) is 6.04 Å². The van der Waals surface area contributed by atoms with E-state index in [1.165, 1.54) is 0 Å². The molecule has 0 amide bonds. The van der Waals surface area contributed by atoms with Crippen molar-refractivity contribution in [1.82, 2.24) is 19.5 Å². The summed E-state index contributed by atoms with van der Waals surface area (Å²) in [7, 11) is 0. The van der Waals surface area contributed by atoms with Gasteiger partial charge in [-0.15, -0.1) is 0 Å². The molecule has 106 valence electrons. The summed E-state index contributed by atoms with van der Waals surface area (Å²) >= 11 is 6.20. The van der Waals surface area contributed by atoms with Crippen LogP contribution in [0.1, 0.15) is 31.3 Å². The van der Waals surface area contributed by atoms with Crippen LogP contribution >= 0.6 is 11.6 Å². The summed E-state index contributed by atoms with van der Waals surface area (Å²) in [5.41, 5.74) is 2.50. The fourth-order valence-electron chi connectivity index (χ4n) is 2.09. The smallest absolute Gasteiger partial charge is 0.165 e. The Balaban J connectivity index is 2.03. The van der Waals surface area contributed by atoms with E-state index in [9.17, 15) is 0 Å². The molecule has 0 N–H and O–H groups in total. The maximum Gasteiger partial charge on any atom is 0.165 e. The van der Waals surface area contributed by atoms with Gasteiger partial charge in [-0.3, -0.25) is 0 Å². The lowest BCUT2D eigenvalue weighted by Gasteiger charge is -2.07. The molecule has 4 nitrogen and oxygen atoms in total. The highest BCUT2D eigenvalue weighted by molar-refractivity contribution is 6.33. The molecule has 3 rings (SSSR count). The van der Waals surface area contributed by atoms with Gasteiger partial charge >= 0.3 is 0 Å².